The number of pyridine rings is 1. The summed E-state index contributed by atoms with van der Waals surface area (Å²) in [6.07, 6.45) is 4.89. The number of carbonyl (C=O) groups excluding carboxylic acids is 1. The summed E-state index contributed by atoms with van der Waals surface area (Å²) in [5.74, 6) is -0.712. The monoisotopic (exact) mass is 349 g/mol. The number of benzene rings is 1. The Bertz CT molecular complexity index is 1010. The van der Waals surface area contributed by atoms with Crippen LogP contribution in [0, 0.1) is 23.1 Å². The van der Waals surface area contributed by atoms with Gasteiger partial charge in [-0.1, -0.05) is 0 Å². The van der Waals surface area contributed by atoms with Gasteiger partial charge in [-0.15, -0.1) is 0 Å². The number of nitriles is 1. The van der Waals surface area contributed by atoms with Crippen molar-refractivity contribution in [2.24, 2.45) is 5.92 Å². The molecule has 3 aromatic rings. The zero-order valence-electron chi connectivity index (χ0n) is 13.9. The molecule has 0 saturated carbocycles. The van der Waals surface area contributed by atoms with Gasteiger partial charge < -0.3 is 4.90 Å². The summed E-state index contributed by atoms with van der Waals surface area (Å²) in [5, 5.41) is 16.4. The molecule has 1 aliphatic heterocycles. The van der Waals surface area contributed by atoms with Crippen molar-refractivity contribution in [1.29, 1.82) is 5.26 Å². The van der Waals surface area contributed by atoms with Gasteiger partial charge in [0.25, 0.3) is 5.91 Å². The number of hydrogen-bond acceptors (Lipinski definition) is 4. The molecule has 0 bridgehead atoms. The molecule has 1 aliphatic rings. The predicted octanol–water partition coefficient (Wildman–Crippen LogP) is 3.14. The van der Waals surface area contributed by atoms with Crippen molar-refractivity contribution in [2.75, 3.05) is 13.1 Å². The summed E-state index contributed by atoms with van der Waals surface area (Å²) in [6, 6.07) is 8.19. The fourth-order valence-corrected chi connectivity index (χ4v) is 3.35. The number of carbonyl (C=O) groups is 1. The van der Waals surface area contributed by atoms with Crippen molar-refractivity contribution in [2.45, 2.75) is 12.8 Å². The largest absolute Gasteiger partial charge is 0.337 e. The van der Waals surface area contributed by atoms with Crippen LogP contribution in [0.2, 0.25) is 0 Å². The number of aromatic nitrogens is 3. The second-order valence-electron chi connectivity index (χ2n) is 6.42. The first kappa shape index (κ1) is 16.2. The molecule has 6 nitrogen and oxygen atoms in total. The molecular formula is C19H16FN5O. The molecule has 7 heteroatoms. The van der Waals surface area contributed by atoms with Gasteiger partial charge in [0, 0.05) is 36.3 Å². The molecule has 1 N–H and O–H groups in total. The lowest BCUT2D eigenvalue weighted by Gasteiger charge is -2.30. The SMILES string of the molecule is N#CC1CCCN(C(=O)c2cc(-c3cn[nH]c3)nc3cc(F)ccc23)C1. The number of hydrogen-bond donors (Lipinski definition) is 1. The first-order valence-electron chi connectivity index (χ1n) is 8.44. The molecule has 26 heavy (non-hydrogen) atoms. The van der Waals surface area contributed by atoms with Crippen LogP contribution in [0.3, 0.4) is 0 Å². The number of nitrogens with one attached hydrogen (secondary N) is 1. The molecule has 1 aromatic carbocycles. The third-order valence-electron chi connectivity index (χ3n) is 4.69. The standard InChI is InChI=1S/C19H16FN5O/c20-14-3-4-15-16(19(26)25-5-1-2-12(8-21)11-25)7-17(24-18(15)6-14)13-9-22-23-10-13/h3-4,6-7,9-10,12H,1-2,5,11H2,(H,22,23). The van der Waals surface area contributed by atoms with Gasteiger partial charge in [-0.05, 0) is 31.0 Å². The van der Waals surface area contributed by atoms with Crippen LogP contribution in [0.4, 0.5) is 4.39 Å². The molecule has 2 aromatic heterocycles. The molecule has 4 rings (SSSR count). The normalized spacial score (nSPS) is 17.2. The van der Waals surface area contributed by atoms with Gasteiger partial charge in [-0.25, -0.2) is 9.37 Å². The molecule has 1 amide bonds. The highest BCUT2D eigenvalue weighted by molar-refractivity contribution is 6.07. The number of amides is 1. The van der Waals surface area contributed by atoms with E-state index >= 15 is 0 Å². The van der Waals surface area contributed by atoms with Crippen molar-refractivity contribution in [1.82, 2.24) is 20.1 Å². The fraction of sp³-hybridized carbons (Fsp3) is 0.263. The van der Waals surface area contributed by atoms with Crippen molar-refractivity contribution in [3.63, 3.8) is 0 Å². The summed E-state index contributed by atoms with van der Waals surface area (Å²) in [6.45, 7) is 1.03. The smallest absolute Gasteiger partial charge is 0.254 e. The number of aromatic amines is 1. The number of halogens is 1. The number of H-pyrrole nitrogens is 1. The highest BCUT2D eigenvalue weighted by atomic mass is 19.1. The average Bonchev–Trinajstić information content (AvgIpc) is 3.21. The second-order valence-corrected chi connectivity index (χ2v) is 6.42. The summed E-state index contributed by atoms with van der Waals surface area (Å²) in [7, 11) is 0. The predicted molar refractivity (Wildman–Crippen MR) is 93.5 cm³/mol. The average molecular weight is 349 g/mol. The van der Waals surface area contributed by atoms with Crippen LogP contribution < -0.4 is 0 Å². The molecular weight excluding hydrogens is 333 g/mol. The Kier molecular flexibility index (Phi) is 4.09. The van der Waals surface area contributed by atoms with Gasteiger partial charge in [0.15, 0.2) is 0 Å². The lowest BCUT2D eigenvalue weighted by molar-refractivity contribution is 0.0700. The highest BCUT2D eigenvalue weighted by Crippen LogP contribution is 2.27. The molecule has 1 saturated heterocycles. The van der Waals surface area contributed by atoms with Crippen molar-refractivity contribution >= 4 is 16.8 Å². The molecule has 3 heterocycles. The fourth-order valence-electron chi connectivity index (χ4n) is 3.35. The van der Waals surface area contributed by atoms with Crippen molar-refractivity contribution in [3.05, 3.63) is 48.0 Å². The first-order chi connectivity index (χ1) is 12.7. The van der Waals surface area contributed by atoms with Crippen LogP contribution in [0.25, 0.3) is 22.2 Å². The van der Waals surface area contributed by atoms with E-state index in [4.69, 9.17) is 0 Å². The molecule has 0 aliphatic carbocycles. The summed E-state index contributed by atoms with van der Waals surface area (Å²) < 4.78 is 13.7. The van der Waals surface area contributed by atoms with Crippen LogP contribution in [0.1, 0.15) is 23.2 Å². The number of piperidine rings is 1. The van der Waals surface area contributed by atoms with Crippen LogP contribution in [-0.2, 0) is 0 Å². The van der Waals surface area contributed by atoms with E-state index in [-0.39, 0.29) is 11.8 Å². The van der Waals surface area contributed by atoms with E-state index in [0.717, 1.165) is 18.4 Å². The van der Waals surface area contributed by atoms with Crippen LogP contribution in [-0.4, -0.2) is 39.1 Å². The Balaban J connectivity index is 1.82. The van der Waals surface area contributed by atoms with E-state index in [1.165, 1.54) is 12.1 Å². The number of rotatable bonds is 2. The van der Waals surface area contributed by atoms with E-state index < -0.39 is 5.82 Å². The van der Waals surface area contributed by atoms with E-state index in [1.807, 2.05) is 0 Å². The van der Waals surface area contributed by atoms with E-state index in [0.29, 0.717) is 35.2 Å². The minimum absolute atomic E-state index is 0.147. The maximum Gasteiger partial charge on any atom is 0.254 e. The van der Waals surface area contributed by atoms with Gasteiger partial charge in [-0.3, -0.25) is 9.89 Å². The zero-order chi connectivity index (χ0) is 18.1. The lowest BCUT2D eigenvalue weighted by atomic mass is 9.98. The highest BCUT2D eigenvalue weighted by Gasteiger charge is 2.26. The minimum atomic E-state index is -0.407. The van der Waals surface area contributed by atoms with E-state index in [1.54, 1.807) is 29.4 Å². The Morgan fingerprint density at radius 1 is 1.38 bits per heavy atom. The summed E-state index contributed by atoms with van der Waals surface area (Å²) >= 11 is 0. The summed E-state index contributed by atoms with van der Waals surface area (Å²) in [5.41, 5.74) is 2.15. The molecule has 1 atom stereocenters. The van der Waals surface area contributed by atoms with E-state index in [2.05, 4.69) is 21.3 Å². The van der Waals surface area contributed by atoms with Crippen molar-refractivity contribution in [3.8, 4) is 17.3 Å². The molecule has 1 fully saturated rings. The third kappa shape index (κ3) is 2.90. The molecule has 130 valence electrons. The quantitative estimate of drug-likeness (QED) is 0.770. The molecule has 0 radical (unpaired) electrons. The van der Waals surface area contributed by atoms with Gasteiger partial charge in [0.1, 0.15) is 5.82 Å². The summed E-state index contributed by atoms with van der Waals surface area (Å²) in [4.78, 5) is 19.3. The Hall–Kier alpha value is -3.27. The maximum absolute atomic E-state index is 13.7. The lowest BCUT2D eigenvalue weighted by Crippen LogP contribution is -2.39. The van der Waals surface area contributed by atoms with E-state index in [9.17, 15) is 14.4 Å². The Morgan fingerprint density at radius 3 is 3.04 bits per heavy atom. The first-order valence-corrected chi connectivity index (χ1v) is 8.44. The Morgan fingerprint density at radius 2 is 2.27 bits per heavy atom. The van der Waals surface area contributed by atoms with Gasteiger partial charge in [-0.2, -0.15) is 10.4 Å². The molecule has 1 unspecified atom stereocenters. The number of nitrogens with zero attached hydrogens (tertiary/aromatic N) is 4. The topological polar surface area (TPSA) is 85.7 Å². The van der Waals surface area contributed by atoms with Crippen molar-refractivity contribution < 1.29 is 9.18 Å². The van der Waals surface area contributed by atoms with Gasteiger partial charge >= 0.3 is 0 Å². The van der Waals surface area contributed by atoms with Crippen LogP contribution in [0.15, 0.2) is 36.7 Å². The maximum atomic E-state index is 13.7. The number of fused-ring (bicyclic) bond motifs is 1. The zero-order valence-corrected chi connectivity index (χ0v) is 13.9. The van der Waals surface area contributed by atoms with Crippen LogP contribution >= 0.6 is 0 Å². The minimum Gasteiger partial charge on any atom is -0.337 e. The van der Waals surface area contributed by atoms with Gasteiger partial charge in [0.05, 0.1) is 35.0 Å². The Labute approximate surface area is 149 Å². The third-order valence-corrected chi connectivity index (χ3v) is 4.69. The van der Waals surface area contributed by atoms with Gasteiger partial charge in [0.2, 0.25) is 0 Å². The second kappa shape index (κ2) is 6.56. The van der Waals surface area contributed by atoms with Crippen LogP contribution in [0.5, 0.6) is 0 Å². The molecule has 0 spiro atoms. The number of likely N-dealkylation sites (tertiary alicyclic amines) is 1.